The first-order valence-electron chi connectivity index (χ1n) is 5.13. The van der Waals surface area contributed by atoms with Gasteiger partial charge in [-0.3, -0.25) is 0 Å². The van der Waals surface area contributed by atoms with Crippen LogP contribution >= 0.6 is 0 Å². The lowest BCUT2D eigenvalue weighted by Crippen LogP contribution is -2.02. The molecule has 3 heteroatoms. The third-order valence-corrected chi connectivity index (χ3v) is 2.19. The van der Waals surface area contributed by atoms with Crippen LogP contribution in [0, 0.1) is 11.3 Å². The molecule has 3 nitrogen and oxygen atoms in total. The average Bonchev–Trinajstić information content (AvgIpc) is 2.29. The van der Waals surface area contributed by atoms with Gasteiger partial charge in [-0.05, 0) is 18.6 Å². The normalized spacial score (nSPS) is 9.40. The molecule has 1 aromatic rings. The quantitative estimate of drug-likeness (QED) is 0.750. The van der Waals surface area contributed by atoms with E-state index in [0.29, 0.717) is 5.56 Å². The molecule has 15 heavy (non-hydrogen) atoms. The Hall–Kier alpha value is -1.69. The molecule has 0 saturated carbocycles. The number of methoxy groups -OCH3 is 1. The van der Waals surface area contributed by atoms with Crippen molar-refractivity contribution in [2.75, 3.05) is 19.0 Å². The Morgan fingerprint density at radius 1 is 1.47 bits per heavy atom. The molecule has 1 N–H and O–H groups in total. The Kier molecular flexibility index (Phi) is 4.49. The molecule has 0 saturated heterocycles. The maximum Gasteiger partial charge on any atom is 0.121 e. The molecule has 0 radical (unpaired) electrons. The number of nitrogens with one attached hydrogen (secondary N) is 1. The van der Waals surface area contributed by atoms with Gasteiger partial charge in [0.05, 0.1) is 18.4 Å². The molecule has 0 atom stereocenters. The highest BCUT2D eigenvalue weighted by Crippen LogP contribution is 2.21. The Labute approximate surface area is 90.7 Å². The SMILES string of the molecule is CCCCNc1cc(OC)ccc1C#N. The van der Waals surface area contributed by atoms with E-state index in [9.17, 15) is 0 Å². The number of benzene rings is 1. The minimum Gasteiger partial charge on any atom is -0.497 e. The molecule has 0 aromatic heterocycles. The molecule has 0 aliphatic rings. The first-order valence-corrected chi connectivity index (χ1v) is 5.13. The van der Waals surface area contributed by atoms with Crippen LogP contribution in [-0.4, -0.2) is 13.7 Å². The van der Waals surface area contributed by atoms with E-state index in [1.807, 2.05) is 6.07 Å². The minimum atomic E-state index is 0.659. The van der Waals surface area contributed by atoms with Crippen LogP contribution in [0.25, 0.3) is 0 Å². The van der Waals surface area contributed by atoms with Crippen LogP contribution in [0.5, 0.6) is 5.75 Å². The first kappa shape index (κ1) is 11.4. The van der Waals surface area contributed by atoms with Gasteiger partial charge in [-0.15, -0.1) is 0 Å². The maximum atomic E-state index is 8.91. The number of nitriles is 1. The zero-order chi connectivity index (χ0) is 11.1. The average molecular weight is 204 g/mol. The van der Waals surface area contributed by atoms with Crippen LogP contribution in [0.4, 0.5) is 5.69 Å². The van der Waals surface area contributed by atoms with Gasteiger partial charge in [0.1, 0.15) is 11.8 Å². The van der Waals surface area contributed by atoms with Gasteiger partial charge in [-0.2, -0.15) is 5.26 Å². The molecule has 0 heterocycles. The number of ether oxygens (including phenoxy) is 1. The monoisotopic (exact) mass is 204 g/mol. The highest BCUT2D eigenvalue weighted by atomic mass is 16.5. The third kappa shape index (κ3) is 3.17. The van der Waals surface area contributed by atoms with Crippen molar-refractivity contribution in [2.45, 2.75) is 19.8 Å². The molecule has 0 aliphatic carbocycles. The van der Waals surface area contributed by atoms with Crippen LogP contribution in [0.2, 0.25) is 0 Å². The van der Waals surface area contributed by atoms with Crippen LogP contribution in [0.15, 0.2) is 18.2 Å². The number of anilines is 1. The van der Waals surface area contributed by atoms with Gasteiger partial charge in [0.25, 0.3) is 0 Å². The second-order valence-corrected chi connectivity index (χ2v) is 3.30. The molecule has 0 aliphatic heterocycles. The highest BCUT2D eigenvalue weighted by molar-refractivity contribution is 5.60. The lowest BCUT2D eigenvalue weighted by molar-refractivity contribution is 0.415. The summed E-state index contributed by atoms with van der Waals surface area (Å²) in [5, 5.41) is 12.1. The summed E-state index contributed by atoms with van der Waals surface area (Å²) in [6, 6.07) is 7.58. The molecule has 80 valence electrons. The first-order chi connectivity index (χ1) is 7.31. The van der Waals surface area contributed by atoms with Gasteiger partial charge in [0.2, 0.25) is 0 Å². The molecule has 0 spiro atoms. The summed E-state index contributed by atoms with van der Waals surface area (Å²) in [4.78, 5) is 0. The summed E-state index contributed by atoms with van der Waals surface area (Å²) in [6.45, 7) is 3.02. The van der Waals surface area contributed by atoms with Crippen LogP contribution in [0.1, 0.15) is 25.3 Å². The highest BCUT2D eigenvalue weighted by Gasteiger charge is 2.02. The lowest BCUT2D eigenvalue weighted by atomic mass is 10.2. The van der Waals surface area contributed by atoms with E-state index >= 15 is 0 Å². The van der Waals surface area contributed by atoms with Crippen molar-refractivity contribution in [3.05, 3.63) is 23.8 Å². The Morgan fingerprint density at radius 2 is 2.27 bits per heavy atom. The standard InChI is InChI=1S/C12H16N2O/c1-3-4-7-14-12-8-11(15-2)6-5-10(12)9-13/h5-6,8,14H,3-4,7H2,1-2H3. The number of rotatable bonds is 5. The van der Waals surface area contributed by atoms with Gasteiger partial charge >= 0.3 is 0 Å². The van der Waals surface area contributed by atoms with Gasteiger partial charge in [0.15, 0.2) is 0 Å². The lowest BCUT2D eigenvalue weighted by Gasteiger charge is -2.09. The third-order valence-electron chi connectivity index (χ3n) is 2.19. The Bertz CT molecular complexity index is 355. The van der Waals surface area contributed by atoms with Gasteiger partial charge < -0.3 is 10.1 Å². The van der Waals surface area contributed by atoms with Gasteiger partial charge in [0, 0.05) is 12.6 Å². The van der Waals surface area contributed by atoms with E-state index < -0.39 is 0 Å². The summed E-state index contributed by atoms with van der Waals surface area (Å²) in [5.41, 5.74) is 1.51. The van der Waals surface area contributed by atoms with E-state index in [-0.39, 0.29) is 0 Å². The van der Waals surface area contributed by atoms with Crippen LogP contribution < -0.4 is 10.1 Å². The van der Waals surface area contributed by atoms with Crippen molar-refractivity contribution in [3.63, 3.8) is 0 Å². The molecule has 1 rings (SSSR count). The van der Waals surface area contributed by atoms with Crippen LogP contribution in [0.3, 0.4) is 0 Å². The topological polar surface area (TPSA) is 45.0 Å². The minimum absolute atomic E-state index is 0.659. The molecular formula is C12H16N2O. The van der Waals surface area contributed by atoms with Crippen molar-refractivity contribution in [1.29, 1.82) is 5.26 Å². The number of hydrogen-bond donors (Lipinski definition) is 1. The smallest absolute Gasteiger partial charge is 0.121 e. The number of hydrogen-bond acceptors (Lipinski definition) is 3. The van der Waals surface area contributed by atoms with Gasteiger partial charge in [-0.1, -0.05) is 13.3 Å². The van der Waals surface area contributed by atoms with E-state index in [1.54, 1.807) is 19.2 Å². The molecular weight excluding hydrogens is 188 g/mol. The predicted octanol–water partition coefficient (Wildman–Crippen LogP) is 2.78. The van der Waals surface area contributed by atoms with E-state index in [4.69, 9.17) is 10.00 Å². The van der Waals surface area contributed by atoms with E-state index in [1.165, 1.54) is 0 Å². The fourth-order valence-electron chi connectivity index (χ4n) is 1.29. The summed E-state index contributed by atoms with van der Waals surface area (Å²) in [7, 11) is 1.62. The van der Waals surface area contributed by atoms with Gasteiger partial charge in [-0.25, -0.2) is 0 Å². The largest absolute Gasteiger partial charge is 0.497 e. The van der Waals surface area contributed by atoms with E-state index in [2.05, 4.69) is 18.3 Å². The number of nitrogens with zero attached hydrogens (tertiary/aromatic N) is 1. The zero-order valence-corrected chi connectivity index (χ0v) is 9.21. The van der Waals surface area contributed by atoms with Crippen molar-refractivity contribution >= 4 is 5.69 Å². The molecule has 0 unspecified atom stereocenters. The van der Waals surface area contributed by atoms with Crippen LogP contribution in [-0.2, 0) is 0 Å². The predicted molar refractivity (Wildman–Crippen MR) is 61.1 cm³/mol. The fourth-order valence-corrected chi connectivity index (χ4v) is 1.29. The molecule has 0 amide bonds. The van der Waals surface area contributed by atoms with Crippen molar-refractivity contribution in [2.24, 2.45) is 0 Å². The number of unbranched alkanes of at least 4 members (excludes halogenated alkanes) is 1. The summed E-state index contributed by atoms with van der Waals surface area (Å²) in [5.74, 6) is 0.771. The maximum absolute atomic E-state index is 8.91. The molecule has 0 fully saturated rings. The van der Waals surface area contributed by atoms with Crippen molar-refractivity contribution < 1.29 is 4.74 Å². The summed E-state index contributed by atoms with van der Waals surface area (Å²) >= 11 is 0. The molecule has 1 aromatic carbocycles. The molecule has 0 bridgehead atoms. The van der Waals surface area contributed by atoms with E-state index in [0.717, 1.165) is 30.8 Å². The Balaban J connectivity index is 2.78. The Morgan fingerprint density at radius 3 is 2.87 bits per heavy atom. The summed E-state index contributed by atoms with van der Waals surface area (Å²) < 4.78 is 5.11. The second-order valence-electron chi connectivity index (χ2n) is 3.30. The van der Waals surface area contributed by atoms with Crippen molar-refractivity contribution in [1.82, 2.24) is 0 Å². The second kappa shape index (κ2) is 5.92. The summed E-state index contributed by atoms with van der Waals surface area (Å²) in [6.07, 6.45) is 2.24. The fraction of sp³-hybridized carbons (Fsp3) is 0.417. The zero-order valence-electron chi connectivity index (χ0n) is 9.21. The van der Waals surface area contributed by atoms with Crippen molar-refractivity contribution in [3.8, 4) is 11.8 Å².